The predicted octanol–water partition coefficient (Wildman–Crippen LogP) is 1.50. The summed E-state index contributed by atoms with van der Waals surface area (Å²) in [6.45, 7) is 0.752. The van der Waals surface area contributed by atoms with Gasteiger partial charge in [-0.1, -0.05) is 12.5 Å². The van der Waals surface area contributed by atoms with Gasteiger partial charge < -0.3 is 20.3 Å². The zero-order chi connectivity index (χ0) is 11.2. The number of phenols is 1. The summed E-state index contributed by atoms with van der Waals surface area (Å²) < 4.78 is 10.5. The van der Waals surface area contributed by atoms with Gasteiger partial charge in [0.2, 0.25) is 12.5 Å². The zero-order valence-corrected chi connectivity index (χ0v) is 9.03. The van der Waals surface area contributed by atoms with E-state index in [1.165, 1.54) is 6.42 Å². The number of nitrogens with two attached hydrogens (primary N) is 1. The summed E-state index contributed by atoms with van der Waals surface area (Å²) in [5.41, 5.74) is 6.69. The molecule has 0 radical (unpaired) electrons. The molecule has 86 valence electrons. The van der Waals surface area contributed by atoms with Crippen molar-refractivity contribution in [1.82, 2.24) is 0 Å². The molecule has 1 aromatic carbocycles. The first-order valence-electron chi connectivity index (χ1n) is 5.59. The Kier molecular flexibility index (Phi) is 2.01. The first kappa shape index (κ1) is 9.78. The van der Waals surface area contributed by atoms with Crippen LogP contribution in [0.1, 0.15) is 24.8 Å². The SMILES string of the molecule is NCC1(c2ccc3c(c2O)OCO3)CCC1. The fourth-order valence-corrected chi connectivity index (χ4v) is 2.57. The van der Waals surface area contributed by atoms with E-state index in [0.29, 0.717) is 18.0 Å². The lowest BCUT2D eigenvalue weighted by molar-refractivity contribution is 0.170. The van der Waals surface area contributed by atoms with Gasteiger partial charge in [0.1, 0.15) is 0 Å². The average Bonchev–Trinajstić information content (AvgIpc) is 2.69. The van der Waals surface area contributed by atoms with Crippen LogP contribution in [0.25, 0.3) is 0 Å². The molecule has 0 aromatic heterocycles. The summed E-state index contributed by atoms with van der Waals surface area (Å²) >= 11 is 0. The van der Waals surface area contributed by atoms with Gasteiger partial charge in [-0.3, -0.25) is 0 Å². The lowest BCUT2D eigenvalue weighted by Crippen LogP contribution is -2.41. The Hall–Kier alpha value is -1.42. The fraction of sp³-hybridized carbons (Fsp3) is 0.500. The van der Waals surface area contributed by atoms with Crippen LogP contribution >= 0.6 is 0 Å². The number of aromatic hydroxyl groups is 1. The molecule has 4 heteroatoms. The van der Waals surface area contributed by atoms with Crippen LogP contribution in [0.4, 0.5) is 0 Å². The van der Waals surface area contributed by atoms with E-state index in [1.54, 1.807) is 0 Å². The number of benzene rings is 1. The lowest BCUT2D eigenvalue weighted by atomic mass is 9.64. The predicted molar refractivity (Wildman–Crippen MR) is 58.8 cm³/mol. The van der Waals surface area contributed by atoms with E-state index in [4.69, 9.17) is 15.2 Å². The van der Waals surface area contributed by atoms with E-state index in [-0.39, 0.29) is 18.0 Å². The molecule has 1 aromatic rings. The molecule has 0 amide bonds. The molecule has 16 heavy (non-hydrogen) atoms. The Morgan fingerprint density at radius 1 is 1.31 bits per heavy atom. The summed E-state index contributed by atoms with van der Waals surface area (Å²) in [7, 11) is 0. The molecule has 4 nitrogen and oxygen atoms in total. The Morgan fingerprint density at radius 2 is 2.12 bits per heavy atom. The van der Waals surface area contributed by atoms with Crippen molar-refractivity contribution < 1.29 is 14.6 Å². The molecule has 1 fully saturated rings. The molecule has 1 heterocycles. The average molecular weight is 221 g/mol. The van der Waals surface area contributed by atoms with Gasteiger partial charge in [0.25, 0.3) is 0 Å². The molecular weight excluding hydrogens is 206 g/mol. The van der Waals surface area contributed by atoms with Crippen LogP contribution in [0.3, 0.4) is 0 Å². The molecular formula is C12H15NO3. The fourth-order valence-electron chi connectivity index (χ4n) is 2.57. The molecule has 0 saturated heterocycles. The third-order valence-corrected chi connectivity index (χ3v) is 3.79. The Labute approximate surface area is 94.0 Å². The van der Waals surface area contributed by atoms with Crippen LogP contribution in [0.2, 0.25) is 0 Å². The highest BCUT2D eigenvalue weighted by molar-refractivity contribution is 5.58. The first-order valence-corrected chi connectivity index (χ1v) is 5.59. The van der Waals surface area contributed by atoms with Gasteiger partial charge >= 0.3 is 0 Å². The monoisotopic (exact) mass is 221 g/mol. The smallest absolute Gasteiger partial charge is 0.231 e. The number of phenolic OH excluding ortho intramolecular Hbond substituents is 1. The summed E-state index contributed by atoms with van der Waals surface area (Å²) in [5, 5.41) is 10.2. The molecule has 0 unspecified atom stereocenters. The number of ether oxygens (including phenoxy) is 2. The second-order valence-corrected chi connectivity index (χ2v) is 4.53. The number of hydrogen-bond acceptors (Lipinski definition) is 4. The summed E-state index contributed by atoms with van der Waals surface area (Å²) in [5.74, 6) is 1.30. The van der Waals surface area contributed by atoms with Crippen molar-refractivity contribution in [3.63, 3.8) is 0 Å². The van der Waals surface area contributed by atoms with Crippen molar-refractivity contribution in [3.05, 3.63) is 17.7 Å². The van der Waals surface area contributed by atoms with Crippen molar-refractivity contribution in [1.29, 1.82) is 0 Å². The highest BCUT2D eigenvalue weighted by Gasteiger charge is 2.40. The van der Waals surface area contributed by atoms with E-state index in [2.05, 4.69) is 0 Å². The lowest BCUT2D eigenvalue weighted by Gasteiger charge is -2.41. The minimum Gasteiger partial charge on any atom is -0.504 e. The van der Waals surface area contributed by atoms with Gasteiger partial charge in [-0.05, 0) is 18.9 Å². The normalized spacial score (nSPS) is 20.6. The number of hydrogen-bond donors (Lipinski definition) is 2. The van der Waals surface area contributed by atoms with Gasteiger partial charge in [-0.2, -0.15) is 0 Å². The highest BCUT2D eigenvalue weighted by Crippen LogP contribution is 2.51. The minimum absolute atomic E-state index is 0.0505. The molecule has 0 atom stereocenters. The van der Waals surface area contributed by atoms with Crippen molar-refractivity contribution in [3.8, 4) is 17.2 Å². The quantitative estimate of drug-likeness (QED) is 0.794. The van der Waals surface area contributed by atoms with Crippen LogP contribution in [0.5, 0.6) is 17.2 Å². The number of rotatable bonds is 2. The largest absolute Gasteiger partial charge is 0.504 e. The molecule has 3 rings (SSSR count). The highest BCUT2D eigenvalue weighted by atomic mass is 16.7. The van der Waals surface area contributed by atoms with Gasteiger partial charge in [-0.25, -0.2) is 0 Å². The molecule has 0 bridgehead atoms. The summed E-state index contributed by atoms with van der Waals surface area (Å²) in [6.07, 6.45) is 3.25. The molecule has 1 aliphatic carbocycles. The van der Waals surface area contributed by atoms with E-state index in [1.807, 2.05) is 12.1 Å². The first-order chi connectivity index (χ1) is 7.77. The zero-order valence-electron chi connectivity index (χ0n) is 9.03. The third kappa shape index (κ3) is 1.13. The molecule has 2 aliphatic rings. The molecule has 1 saturated carbocycles. The third-order valence-electron chi connectivity index (χ3n) is 3.79. The maximum absolute atomic E-state index is 10.2. The summed E-state index contributed by atoms with van der Waals surface area (Å²) in [4.78, 5) is 0. The molecule has 3 N–H and O–H groups in total. The standard InChI is InChI=1S/C12H15NO3/c13-6-12(4-1-5-12)8-2-3-9-11(10(8)14)16-7-15-9/h2-3,14H,1,4-7,13H2. The molecule has 1 aliphatic heterocycles. The van der Waals surface area contributed by atoms with Crippen LogP contribution in [-0.4, -0.2) is 18.4 Å². The van der Waals surface area contributed by atoms with Crippen molar-refractivity contribution >= 4 is 0 Å². The topological polar surface area (TPSA) is 64.7 Å². The maximum atomic E-state index is 10.2. The second-order valence-electron chi connectivity index (χ2n) is 4.53. The minimum atomic E-state index is -0.0505. The van der Waals surface area contributed by atoms with Gasteiger partial charge in [0.05, 0.1) is 0 Å². The van der Waals surface area contributed by atoms with E-state index in [9.17, 15) is 5.11 Å². The van der Waals surface area contributed by atoms with Crippen LogP contribution in [0.15, 0.2) is 12.1 Å². The Balaban J connectivity index is 2.08. The van der Waals surface area contributed by atoms with Gasteiger partial charge in [-0.15, -0.1) is 0 Å². The van der Waals surface area contributed by atoms with Crippen LogP contribution < -0.4 is 15.2 Å². The van der Waals surface area contributed by atoms with Crippen LogP contribution in [-0.2, 0) is 5.41 Å². The van der Waals surface area contributed by atoms with Gasteiger partial charge in [0.15, 0.2) is 11.5 Å². The van der Waals surface area contributed by atoms with E-state index in [0.717, 1.165) is 18.4 Å². The van der Waals surface area contributed by atoms with Crippen molar-refractivity contribution in [2.24, 2.45) is 5.73 Å². The Bertz CT molecular complexity index is 421. The molecule has 0 spiro atoms. The second kappa shape index (κ2) is 3.28. The van der Waals surface area contributed by atoms with Crippen LogP contribution in [0, 0.1) is 0 Å². The Morgan fingerprint density at radius 3 is 2.75 bits per heavy atom. The maximum Gasteiger partial charge on any atom is 0.231 e. The number of fused-ring (bicyclic) bond motifs is 1. The summed E-state index contributed by atoms with van der Waals surface area (Å²) in [6, 6.07) is 3.77. The van der Waals surface area contributed by atoms with Crippen molar-refractivity contribution in [2.45, 2.75) is 24.7 Å². The van der Waals surface area contributed by atoms with Crippen molar-refractivity contribution in [2.75, 3.05) is 13.3 Å². The van der Waals surface area contributed by atoms with E-state index < -0.39 is 0 Å². The van der Waals surface area contributed by atoms with E-state index >= 15 is 0 Å². The van der Waals surface area contributed by atoms with Gasteiger partial charge in [0, 0.05) is 17.5 Å².